The summed E-state index contributed by atoms with van der Waals surface area (Å²) in [6.07, 6.45) is 16.9. The zero-order valence-corrected chi connectivity index (χ0v) is 17.0. The number of hydrogen-bond acceptors (Lipinski definition) is 2. The molecule has 2 heteroatoms. The molecule has 0 aromatic heterocycles. The van der Waals surface area contributed by atoms with Gasteiger partial charge in [-0.3, -0.25) is 4.99 Å². The zero-order chi connectivity index (χ0) is 18.2. The van der Waals surface area contributed by atoms with Gasteiger partial charge in [0.2, 0.25) is 0 Å². The maximum absolute atomic E-state index is 12.2. The van der Waals surface area contributed by atoms with Crippen molar-refractivity contribution in [1.29, 1.82) is 0 Å². The third kappa shape index (κ3) is 2.11. The number of allylic oxidation sites excluding steroid dienone is 2. The molecule has 1 N–H and O–H groups in total. The minimum Gasteiger partial charge on any atom is -0.389 e. The first-order valence-corrected chi connectivity index (χ1v) is 11.3. The Bertz CT molecular complexity index is 653. The van der Waals surface area contributed by atoms with Crippen LogP contribution in [-0.4, -0.2) is 16.9 Å². The van der Waals surface area contributed by atoms with Crippen LogP contribution in [0.4, 0.5) is 0 Å². The van der Waals surface area contributed by atoms with E-state index in [1.54, 1.807) is 0 Å². The highest BCUT2D eigenvalue weighted by Crippen LogP contribution is 2.70. The van der Waals surface area contributed by atoms with Crippen molar-refractivity contribution in [2.45, 2.75) is 90.6 Å². The first-order valence-electron chi connectivity index (χ1n) is 11.3. The van der Waals surface area contributed by atoms with Crippen LogP contribution in [0.1, 0.15) is 85.0 Å². The van der Waals surface area contributed by atoms with E-state index in [4.69, 9.17) is 4.99 Å². The van der Waals surface area contributed by atoms with E-state index in [-0.39, 0.29) is 5.41 Å². The van der Waals surface area contributed by atoms with Gasteiger partial charge >= 0.3 is 0 Å². The normalized spacial score (nSPS) is 55.8. The Labute approximate surface area is 159 Å². The van der Waals surface area contributed by atoms with Crippen LogP contribution in [0, 0.1) is 40.4 Å². The molecule has 1 aliphatic heterocycles. The van der Waals surface area contributed by atoms with Gasteiger partial charge in [-0.1, -0.05) is 33.3 Å². The maximum atomic E-state index is 12.2. The minimum absolute atomic E-state index is 0.0346. The summed E-state index contributed by atoms with van der Waals surface area (Å²) in [5.41, 5.74) is 1.34. The fourth-order valence-electron chi connectivity index (χ4n) is 8.53. The molecule has 0 aromatic carbocycles. The van der Waals surface area contributed by atoms with E-state index in [1.807, 2.05) is 0 Å². The molecule has 0 aromatic rings. The van der Waals surface area contributed by atoms with Gasteiger partial charge in [0.1, 0.15) is 0 Å². The molecule has 26 heavy (non-hydrogen) atoms. The highest BCUT2D eigenvalue weighted by molar-refractivity contribution is 5.65. The number of aliphatic hydroxyl groups is 1. The van der Waals surface area contributed by atoms with Gasteiger partial charge in [-0.2, -0.15) is 0 Å². The van der Waals surface area contributed by atoms with E-state index in [0.717, 1.165) is 37.0 Å². The van der Waals surface area contributed by atoms with E-state index in [1.165, 1.54) is 50.6 Å². The lowest BCUT2D eigenvalue weighted by atomic mass is 9.43. The molecule has 0 saturated heterocycles. The summed E-state index contributed by atoms with van der Waals surface area (Å²) < 4.78 is 0. The molecule has 5 rings (SSSR count). The Morgan fingerprint density at radius 1 is 1.00 bits per heavy atom. The Hall–Kier alpha value is -0.630. The van der Waals surface area contributed by atoms with Gasteiger partial charge in [0.05, 0.1) is 5.60 Å². The molecule has 4 fully saturated rings. The van der Waals surface area contributed by atoms with Crippen LogP contribution in [0.15, 0.2) is 16.8 Å². The molecule has 144 valence electrons. The Morgan fingerprint density at radius 2 is 1.85 bits per heavy atom. The lowest BCUT2D eigenvalue weighted by molar-refractivity contribution is -0.205. The second-order valence-corrected chi connectivity index (χ2v) is 11.0. The zero-order valence-electron chi connectivity index (χ0n) is 17.0. The number of rotatable bonds is 1. The second-order valence-electron chi connectivity index (χ2n) is 11.0. The van der Waals surface area contributed by atoms with Crippen LogP contribution < -0.4 is 0 Å². The van der Waals surface area contributed by atoms with Crippen molar-refractivity contribution < 1.29 is 5.11 Å². The smallest absolute Gasteiger partial charge is 0.0738 e. The Kier molecular flexibility index (Phi) is 3.82. The molecular formula is C24H37NO. The highest BCUT2D eigenvalue weighted by atomic mass is 16.3. The summed E-state index contributed by atoms with van der Waals surface area (Å²) in [5.74, 6) is 3.55. The van der Waals surface area contributed by atoms with E-state index in [2.05, 4.69) is 33.1 Å². The van der Waals surface area contributed by atoms with Crippen LogP contribution >= 0.6 is 0 Å². The van der Waals surface area contributed by atoms with Gasteiger partial charge in [-0.15, -0.1) is 0 Å². The Balaban J connectivity index is 1.48. The van der Waals surface area contributed by atoms with E-state index < -0.39 is 5.60 Å². The average Bonchev–Trinajstić information content (AvgIpc) is 3.21. The summed E-state index contributed by atoms with van der Waals surface area (Å²) in [6.45, 7) is 7.46. The number of nitrogens with zero attached hydrogens (tertiary/aromatic N) is 1. The molecule has 8 atom stereocenters. The molecule has 0 bridgehead atoms. The van der Waals surface area contributed by atoms with E-state index in [0.29, 0.717) is 17.3 Å². The monoisotopic (exact) mass is 355 g/mol. The van der Waals surface area contributed by atoms with Crippen LogP contribution in [0.3, 0.4) is 0 Å². The lowest BCUT2D eigenvalue weighted by Gasteiger charge is -2.63. The standard InChI is InChI=1S/C24H37NO/c1-16-8-11-22(2)17(15-16)6-7-19-18(22)9-12-23(3)20(10-13-24(19,23)26)21-5-4-14-25-21/h5,14,16-20,26H,4,6-13,15H2,1-3H3/t16-,17+,18?,19?,20+,22-,23+,24-/m0/s1. The fraction of sp³-hybridized carbons (Fsp3) is 0.875. The van der Waals surface area contributed by atoms with Crippen molar-refractivity contribution in [3.8, 4) is 0 Å². The lowest BCUT2D eigenvalue weighted by Crippen LogP contribution is -2.62. The van der Waals surface area contributed by atoms with Gasteiger partial charge in [-0.25, -0.2) is 0 Å². The highest BCUT2D eigenvalue weighted by Gasteiger charge is 2.67. The summed E-state index contributed by atoms with van der Waals surface area (Å²) >= 11 is 0. The van der Waals surface area contributed by atoms with Gasteiger partial charge in [0.25, 0.3) is 0 Å². The molecule has 4 saturated carbocycles. The predicted octanol–water partition coefficient (Wildman–Crippen LogP) is 5.75. The van der Waals surface area contributed by atoms with Crippen molar-refractivity contribution in [3.05, 3.63) is 11.8 Å². The Morgan fingerprint density at radius 3 is 2.62 bits per heavy atom. The third-order valence-electron chi connectivity index (χ3n) is 10.1. The summed E-state index contributed by atoms with van der Waals surface area (Å²) in [4.78, 5) is 4.70. The molecule has 0 amide bonds. The minimum atomic E-state index is -0.462. The van der Waals surface area contributed by atoms with Crippen LogP contribution in [0.25, 0.3) is 0 Å². The summed E-state index contributed by atoms with van der Waals surface area (Å²) in [7, 11) is 0. The first kappa shape index (κ1) is 17.5. The molecule has 2 nitrogen and oxygen atoms in total. The molecule has 5 aliphatic rings. The van der Waals surface area contributed by atoms with Crippen molar-refractivity contribution >= 4 is 6.21 Å². The quantitative estimate of drug-likeness (QED) is 0.638. The van der Waals surface area contributed by atoms with Gasteiger partial charge in [0.15, 0.2) is 0 Å². The number of hydrogen-bond donors (Lipinski definition) is 1. The average molecular weight is 356 g/mol. The maximum Gasteiger partial charge on any atom is 0.0738 e. The number of fused-ring (bicyclic) bond motifs is 5. The predicted molar refractivity (Wildman–Crippen MR) is 107 cm³/mol. The fourth-order valence-corrected chi connectivity index (χ4v) is 8.53. The van der Waals surface area contributed by atoms with E-state index in [9.17, 15) is 5.11 Å². The molecule has 0 radical (unpaired) electrons. The van der Waals surface area contributed by atoms with Gasteiger partial charge in [0, 0.05) is 29.7 Å². The van der Waals surface area contributed by atoms with Crippen molar-refractivity contribution in [1.82, 2.24) is 0 Å². The van der Waals surface area contributed by atoms with Crippen molar-refractivity contribution in [3.63, 3.8) is 0 Å². The third-order valence-corrected chi connectivity index (χ3v) is 10.1. The second kappa shape index (κ2) is 5.69. The van der Waals surface area contributed by atoms with Gasteiger partial charge in [-0.05, 0) is 80.5 Å². The first-order chi connectivity index (χ1) is 12.4. The molecule has 4 aliphatic carbocycles. The van der Waals surface area contributed by atoms with Gasteiger partial charge < -0.3 is 5.11 Å². The van der Waals surface area contributed by atoms with Crippen molar-refractivity contribution in [2.75, 3.05) is 0 Å². The molecule has 0 spiro atoms. The number of aliphatic imine (C=N–C) groups is 1. The molecule has 2 unspecified atom stereocenters. The summed E-state index contributed by atoms with van der Waals surface area (Å²) in [5, 5.41) is 12.2. The topological polar surface area (TPSA) is 32.6 Å². The van der Waals surface area contributed by atoms with Crippen molar-refractivity contribution in [2.24, 2.45) is 45.4 Å². The van der Waals surface area contributed by atoms with Crippen LogP contribution in [-0.2, 0) is 0 Å². The SMILES string of the molecule is C[C@H]1CC[C@]2(C)C3CC[C@]4(C)[C@@H](C5=CCC=N5)CC[C@]4(O)C3CC[C@@H]2C1. The molecular weight excluding hydrogens is 318 g/mol. The van der Waals surface area contributed by atoms with Crippen LogP contribution in [0.2, 0.25) is 0 Å². The van der Waals surface area contributed by atoms with Crippen LogP contribution in [0.5, 0.6) is 0 Å². The van der Waals surface area contributed by atoms with E-state index >= 15 is 0 Å². The largest absolute Gasteiger partial charge is 0.389 e. The molecule has 1 heterocycles. The summed E-state index contributed by atoms with van der Waals surface area (Å²) in [6, 6.07) is 0.